The van der Waals surface area contributed by atoms with Gasteiger partial charge in [0.1, 0.15) is 24.4 Å². The van der Waals surface area contributed by atoms with Crippen molar-refractivity contribution >= 4 is 6.21 Å². The molecule has 4 atom stereocenters. The molecule has 0 aliphatic heterocycles. The molecule has 0 saturated carbocycles. The van der Waals surface area contributed by atoms with E-state index in [0.717, 1.165) is 19.1 Å². The first-order valence-electron chi connectivity index (χ1n) is 5.37. The van der Waals surface area contributed by atoms with Gasteiger partial charge in [-0.05, 0) is 6.42 Å². The molecule has 0 aromatic carbocycles. The summed E-state index contributed by atoms with van der Waals surface area (Å²) in [6.45, 7) is 1.86. The minimum absolute atomic E-state index is 0.541. The third-order valence-corrected chi connectivity index (χ3v) is 2.18. The number of hydrogen-bond donors (Lipinski definition) is 5. The number of nitrogens with zero attached hydrogens (tertiary/aromatic N) is 1. The summed E-state index contributed by atoms with van der Waals surface area (Å²) in [5, 5.41) is 45.6. The Balaban J connectivity index is 4.06. The largest absolute Gasteiger partial charge is 0.394 e. The van der Waals surface area contributed by atoms with Gasteiger partial charge in [-0.15, -0.1) is 0 Å². The van der Waals surface area contributed by atoms with Gasteiger partial charge in [-0.25, -0.2) is 0 Å². The third-order valence-electron chi connectivity index (χ3n) is 2.18. The summed E-state index contributed by atoms with van der Waals surface area (Å²) in [5.74, 6) is 0. The summed E-state index contributed by atoms with van der Waals surface area (Å²) in [4.78, 5) is 3.86. The molecule has 0 radical (unpaired) electrons. The molecular weight excluding hydrogens is 214 g/mol. The lowest BCUT2D eigenvalue weighted by atomic mass is 10.0. The first-order valence-corrected chi connectivity index (χ1v) is 5.37. The lowest BCUT2D eigenvalue weighted by Gasteiger charge is -2.23. The first-order chi connectivity index (χ1) is 7.54. The predicted octanol–water partition coefficient (Wildman–Crippen LogP) is -1.71. The van der Waals surface area contributed by atoms with Crippen LogP contribution in [0.2, 0.25) is 0 Å². The van der Waals surface area contributed by atoms with Crippen LogP contribution >= 0.6 is 0 Å². The molecule has 6 nitrogen and oxygen atoms in total. The van der Waals surface area contributed by atoms with Gasteiger partial charge >= 0.3 is 0 Å². The summed E-state index contributed by atoms with van der Waals surface area (Å²) >= 11 is 0. The summed E-state index contributed by atoms with van der Waals surface area (Å²) in [6.07, 6.45) is -3.01. The molecular formula is C10H21NO5. The van der Waals surface area contributed by atoms with Crippen LogP contribution in [0.5, 0.6) is 0 Å². The van der Waals surface area contributed by atoms with Crippen molar-refractivity contribution in [2.75, 3.05) is 13.2 Å². The van der Waals surface area contributed by atoms with Crippen molar-refractivity contribution in [2.24, 2.45) is 4.99 Å². The van der Waals surface area contributed by atoms with Crippen LogP contribution in [0.25, 0.3) is 0 Å². The van der Waals surface area contributed by atoms with Crippen LogP contribution in [0.15, 0.2) is 4.99 Å². The Morgan fingerprint density at radius 3 is 2.25 bits per heavy atom. The average molecular weight is 235 g/mol. The maximum atomic E-state index is 9.38. The zero-order valence-electron chi connectivity index (χ0n) is 9.40. The molecule has 16 heavy (non-hydrogen) atoms. The molecule has 6 heteroatoms. The molecule has 5 N–H and O–H groups in total. The van der Waals surface area contributed by atoms with Crippen molar-refractivity contribution in [3.8, 4) is 0 Å². The number of unbranched alkanes of at least 4 members (excludes halogenated alkanes) is 1. The average Bonchev–Trinajstić information content (AvgIpc) is 2.31. The monoisotopic (exact) mass is 235 g/mol. The molecule has 0 rings (SSSR count). The van der Waals surface area contributed by atoms with E-state index in [9.17, 15) is 15.3 Å². The van der Waals surface area contributed by atoms with Crippen molar-refractivity contribution < 1.29 is 25.5 Å². The lowest BCUT2D eigenvalue weighted by molar-refractivity contribution is -0.0999. The molecule has 0 saturated heterocycles. The fraction of sp³-hybridized carbons (Fsp3) is 0.900. The van der Waals surface area contributed by atoms with E-state index in [1.165, 1.54) is 0 Å². The van der Waals surface area contributed by atoms with E-state index in [1.807, 2.05) is 6.92 Å². The summed E-state index contributed by atoms with van der Waals surface area (Å²) in [7, 11) is 0. The van der Waals surface area contributed by atoms with Crippen molar-refractivity contribution in [1.82, 2.24) is 0 Å². The maximum Gasteiger partial charge on any atom is 0.117 e. The van der Waals surface area contributed by atoms with Crippen molar-refractivity contribution in [3.05, 3.63) is 0 Å². The van der Waals surface area contributed by atoms with Crippen LogP contribution in [0.3, 0.4) is 0 Å². The highest BCUT2D eigenvalue weighted by molar-refractivity contribution is 5.63. The van der Waals surface area contributed by atoms with E-state index < -0.39 is 31.0 Å². The zero-order valence-corrected chi connectivity index (χ0v) is 9.40. The number of rotatable bonds is 8. The van der Waals surface area contributed by atoms with Gasteiger partial charge in [0.05, 0.1) is 6.61 Å². The highest BCUT2D eigenvalue weighted by Gasteiger charge is 2.28. The van der Waals surface area contributed by atoms with Gasteiger partial charge in [-0.2, -0.15) is 0 Å². The predicted molar refractivity (Wildman–Crippen MR) is 59.4 cm³/mol. The SMILES string of the molecule is CCCCN=CC(O)C(O)C(O)C(O)CO. The van der Waals surface area contributed by atoms with Crippen LogP contribution in [0.4, 0.5) is 0 Å². The second-order valence-corrected chi connectivity index (χ2v) is 3.63. The van der Waals surface area contributed by atoms with Gasteiger partial charge in [0.25, 0.3) is 0 Å². The highest BCUT2D eigenvalue weighted by Crippen LogP contribution is 2.03. The molecule has 4 unspecified atom stereocenters. The molecule has 0 spiro atoms. The Hall–Kier alpha value is -0.530. The van der Waals surface area contributed by atoms with Gasteiger partial charge < -0.3 is 25.5 Å². The van der Waals surface area contributed by atoms with Gasteiger partial charge in [0.15, 0.2) is 0 Å². The van der Waals surface area contributed by atoms with Crippen molar-refractivity contribution in [1.29, 1.82) is 0 Å². The Morgan fingerprint density at radius 1 is 1.12 bits per heavy atom. The number of aliphatic hydroxyl groups is 5. The smallest absolute Gasteiger partial charge is 0.117 e. The minimum atomic E-state index is -1.60. The summed E-state index contributed by atoms with van der Waals surface area (Å²) in [6, 6.07) is 0. The van der Waals surface area contributed by atoms with Gasteiger partial charge in [0.2, 0.25) is 0 Å². The Morgan fingerprint density at radius 2 is 1.75 bits per heavy atom. The van der Waals surface area contributed by atoms with Crippen LogP contribution in [0.1, 0.15) is 19.8 Å². The maximum absolute atomic E-state index is 9.38. The number of hydrogen-bond acceptors (Lipinski definition) is 6. The van der Waals surface area contributed by atoms with E-state index in [0.29, 0.717) is 6.54 Å². The van der Waals surface area contributed by atoms with E-state index >= 15 is 0 Å². The second-order valence-electron chi connectivity index (χ2n) is 3.63. The highest BCUT2D eigenvalue weighted by atomic mass is 16.4. The van der Waals surface area contributed by atoms with Gasteiger partial charge in [-0.3, -0.25) is 4.99 Å². The molecule has 0 bridgehead atoms. The van der Waals surface area contributed by atoms with Crippen molar-refractivity contribution in [3.63, 3.8) is 0 Å². The fourth-order valence-electron chi connectivity index (χ4n) is 1.06. The quantitative estimate of drug-likeness (QED) is 0.254. The zero-order chi connectivity index (χ0) is 12.6. The van der Waals surface area contributed by atoms with E-state index in [-0.39, 0.29) is 0 Å². The molecule has 0 aliphatic carbocycles. The molecule has 0 aromatic rings. The van der Waals surface area contributed by atoms with E-state index in [2.05, 4.69) is 4.99 Å². The minimum Gasteiger partial charge on any atom is -0.394 e. The number of aliphatic imine (C=N–C) groups is 1. The summed E-state index contributed by atoms with van der Waals surface area (Å²) in [5.41, 5.74) is 0. The molecule has 0 aliphatic rings. The van der Waals surface area contributed by atoms with Crippen LogP contribution in [-0.2, 0) is 0 Å². The first kappa shape index (κ1) is 15.5. The molecule has 0 amide bonds. The molecule has 96 valence electrons. The lowest BCUT2D eigenvalue weighted by Crippen LogP contribution is -2.46. The Labute approximate surface area is 94.9 Å². The van der Waals surface area contributed by atoms with Gasteiger partial charge in [-0.1, -0.05) is 13.3 Å². The molecule has 0 fully saturated rings. The second kappa shape index (κ2) is 8.60. The summed E-state index contributed by atoms with van der Waals surface area (Å²) < 4.78 is 0. The van der Waals surface area contributed by atoms with Crippen LogP contribution in [0, 0.1) is 0 Å². The fourth-order valence-corrected chi connectivity index (χ4v) is 1.06. The van der Waals surface area contributed by atoms with Crippen LogP contribution in [-0.4, -0.2) is 69.3 Å². The Kier molecular flexibility index (Phi) is 8.32. The standard InChI is InChI=1S/C10H21NO5/c1-2-3-4-11-5-7(13)9(15)10(16)8(14)6-12/h5,7-10,12-16H,2-4,6H2,1H3. The topological polar surface area (TPSA) is 114 Å². The number of aliphatic hydroxyl groups excluding tert-OH is 5. The van der Waals surface area contributed by atoms with Crippen molar-refractivity contribution in [2.45, 2.75) is 44.2 Å². The molecule has 0 heterocycles. The third kappa shape index (κ3) is 5.53. The van der Waals surface area contributed by atoms with E-state index in [4.69, 9.17) is 10.2 Å². The van der Waals surface area contributed by atoms with Crippen LogP contribution < -0.4 is 0 Å². The normalized spacial score (nSPS) is 19.6. The van der Waals surface area contributed by atoms with E-state index in [1.54, 1.807) is 0 Å². The molecule has 0 aromatic heterocycles. The van der Waals surface area contributed by atoms with Gasteiger partial charge in [0, 0.05) is 12.8 Å². The Bertz CT molecular complexity index is 200.